The number of pyridine rings is 1. The van der Waals surface area contributed by atoms with Gasteiger partial charge in [-0.15, -0.1) is 0 Å². The van der Waals surface area contributed by atoms with E-state index in [2.05, 4.69) is 4.98 Å². The van der Waals surface area contributed by atoms with E-state index in [1.54, 1.807) is 30.3 Å². The Morgan fingerprint density at radius 3 is 2.28 bits per heavy atom. The van der Waals surface area contributed by atoms with Crippen LogP contribution in [0.3, 0.4) is 0 Å². The summed E-state index contributed by atoms with van der Waals surface area (Å²) in [5.41, 5.74) is 1.95. The third-order valence-corrected chi connectivity index (χ3v) is 4.78. The van der Waals surface area contributed by atoms with Gasteiger partial charge in [0.05, 0.1) is 10.6 Å². The summed E-state index contributed by atoms with van der Waals surface area (Å²) in [5, 5.41) is 5.98. The van der Waals surface area contributed by atoms with Crippen molar-refractivity contribution in [2.24, 2.45) is 5.14 Å². The molecule has 4 nitrogen and oxygen atoms in total. The van der Waals surface area contributed by atoms with Gasteiger partial charge < -0.3 is 0 Å². The van der Waals surface area contributed by atoms with E-state index in [9.17, 15) is 12.8 Å². The van der Waals surface area contributed by atoms with Crippen LogP contribution in [-0.4, -0.2) is 13.4 Å². The number of rotatable bonds is 3. The molecule has 0 aliphatic heterocycles. The molecule has 8 heteroatoms. The molecule has 25 heavy (non-hydrogen) atoms. The molecule has 1 aromatic heterocycles. The smallest absolute Gasteiger partial charge is 0.238 e. The molecule has 0 fully saturated rings. The van der Waals surface area contributed by atoms with E-state index < -0.39 is 15.8 Å². The van der Waals surface area contributed by atoms with E-state index in [-0.39, 0.29) is 10.5 Å². The lowest BCUT2D eigenvalue weighted by atomic mass is 9.99. The van der Waals surface area contributed by atoms with Gasteiger partial charge in [-0.25, -0.2) is 17.9 Å². The molecule has 3 aromatic rings. The minimum absolute atomic E-state index is 0.274. The molecule has 2 N–H and O–H groups in total. The monoisotopic (exact) mass is 396 g/mol. The van der Waals surface area contributed by atoms with Gasteiger partial charge in [0.25, 0.3) is 0 Å². The third kappa shape index (κ3) is 3.99. The largest absolute Gasteiger partial charge is 0.256 e. The van der Waals surface area contributed by atoms with Crippen LogP contribution < -0.4 is 5.14 Å². The highest BCUT2D eigenvalue weighted by atomic mass is 35.5. The van der Waals surface area contributed by atoms with Gasteiger partial charge in [-0.05, 0) is 48.0 Å². The van der Waals surface area contributed by atoms with Crippen molar-refractivity contribution >= 4 is 33.2 Å². The van der Waals surface area contributed by atoms with Crippen molar-refractivity contribution in [1.29, 1.82) is 0 Å². The van der Waals surface area contributed by atoms with E-state index in [0.29, 0.717) is 26.9 Å². The summed E-state index contributed by atoms with van der Waals surface area (Å²) in [6, 6.07) is 11.7. The quantitative estimate of drug-likeness (QED) is 0.707. The van der Waals surface area contributed by atoms with E-state index in [1.165, 1.54) is 18.3 Å². The predicted molar refractivity (Wildman–Crippen MR) is 96.5 cm³/mol. The summed E-state index contributed by atoms with van der Waals surface area (Å²) in [4.78, 5) is 3.93. The summed E-state index contributed by atoms with van der Waals surface area (Å²) in [5.74, 6) is -0.734. The standard InChI is InChI=1S/C17H11Cl2FN2O2S/c18-12-4-10(5-13(19)8-12)16-2-1-3-22-17(16)11-6-14(20)9-15(7-11)25(21,23)24/h1-9H,(H2,21,23,24). The summed E-state index contributed by atoms with van der Waals surface area (Å²) in [6.07, 6.45) is 1.52. The Morgan fingerprint density at radius 1 is 0.960 bits per heavy atom. The highest BCUT2D eigenvalue weighted by Crippen LogP contribution is 2.34. The van der Waals surface area contributed by atoms with Crippen molar-refractivity contribution in [3.63, 3.8) is 0 Å². The molecule has 2 aromatic carbocycles. The van der Waals surface area contributed by atoms with Crippen LogP contribution in [0.5, 0.6) is 0 Å². The average molecular weight is 397 g/mol. The van der Waals surface area contributed by atoms with Gasteiger partial charge >= 0.3 is 0 Å². The van der Waals surface area contributed by atoms with Crippen LogP contribution in [0.1, 0.15) is 0 Å². The molecule has 0 saturated carbocycles. The van der Waals surface area contributed by atoms with Crippen molar-refractivity contribution in [3.8, 4) is 22.4 Å². The Labute approximate surface area is 154 Å². The summed E-state index contributed by atoms with van der Waals surface area (Å²) in [6.45, 7) is 0. The highest BCUT2D eigenvalue weighted by Gasteiger charge is 2.15. The molecule has 3 rings (SSSR count). The molecule has 1 heterocycles. The number of hydrogen-bond donors (Lipinski definition) is 1. The summed E-state index contributed by atoms with van der Waals surface area (Å²) in [7, 11) is -4.06. The van der Waals surface area contributed by atoms with Gasteiger partial charge in [0.1, 0.15) is 5.82 Å². The normalized spacial score (nSPS) is 11.5. The van der Waals surface area contributed by atoms with Crippen molar-refractivity contribution in [1.82, 2.24) is 4.98 Å². The molecular formula is C17H11Cl2FN2O2S. The van der Waals surface area contributed by atoms with Crippen molar-refractivity contribution in [2.45, 2.75) is 4.90 Å². The molecule has 0 saturated heterocycles. The molecule has 0 atom stereocenters. The Bertz CT molecular complexity index is 1050. The maximum atomic E-state index is 13.9. The Balaban J connectivity index is 2.25. The molecule has 0 amide bonds. The van der Waals surface area contributed by atoms with Crippen LogP contribution in [0.15, 0.2) is 59.6 Å². The third-order valence-electron chi connectivity index (χ3n) is 3.45. The van der Waals surface area contributed by atoms with Crippen LogP contribution in [0.2, 0.25) is 10.0 Å². The number of benzene rings is 2. The van der Waals surface area contributed by atoms with Crippen LogP contribution in [0.4, 0.5) is 4.39 Å². The minimum atomic E-state index is -4.06. The minimum Gasteiger partial charge on any atom is -0.256 e. The molecule has 0 aliphatic carbocycles. The number of halogens is 3. The lowest BCUT2D eigenvalue weighted by molar-refractivity contribution is 0.592. The van der Waals surface area contributed by atoms with Gasteiger partial charge in [-0.1, -0.05) is 29.3 Å². The topological polar surface area (TPSA) is 73.1 Å². The maximum Gasteiger partial charge on any atom is 0.238 e. The zero-order valence-corrected chi connectivity index (χ0v) is 14.9. The van der Waals surface area contributed by atoms with E-state index >= 15 is 0 Å². The van der Waals surface area contributed by atoms with Gasteiger partial charge in [0.15, 0.2) is 0 Å². The van der Waals surface area contributed by atoms with Crippen LogP contribution in [-0.2, 0) is 10.0 Å². The fraction of sp³-hybridized carbons (Fsp3) is 0. The number of sulfonamides is 1. The Hall–Kier alpha value is -1.99. The maximum absolute atomic E-state index is 13.9. The number of nitrogens with two attached hydrogens (primary N) is 1. The van der Waals surface area contributed by atoms with E-state index in [4.69, 9.17) is 28.3 Å². The zero-order valence-electron chi connectivity index (χ0n) is 12.6. The summed E-state index contributed by atoms with van der Waals surface area (Å²) >= 11 is 12.1. The first-order valence-electron chi connectivity index (χ1n) is 6.99. The lowest BCUT2D eigenvalue weighted by Gasteiger charge is -2.11. The Morgan fingerprint density at radius 2 is 1.64 bits per heavy atom. The van der Waals surface area contributed by atoms with Crippen LogP contribution >= 0.6 is 23.2 Å². The SMILES string of the molecule is NS(=O)(=O)c1cc(F)cc(-c2ncccc2-c2cc(Cl)cc(Cl)c2)c1. The van der Waals surface area contributed by atoms with Gasteiger partial charge in [-0.2, -0.15) is 0 Å². The van der Waals surface area contributed by atoms with E-state index in [1.807, 2.05) is 0 Å². The molecule has 0 bridgehead atoms. The van der Waals surface area contributed by atoms with E-state index in [0.717, 1.165) is 6.07 Å². The number of primary sulfonamides is 1. The molecule has 0 aliphatic rings. The predicted octanol–water partition coefficient (Wildman–Crippen LogP) is 4.51. The van der Waals surface area contributed by atoms with Crippen LogP contribution in [0, 0.1) is 5.82 Å². The van der Waals surface area contributed by atoms with Gasteiger partial charge in [-0.3, -0.25) is 4.98 Å². The number of nitrogens with zero attached hydrogens (tertiary/aromatic N) is 1. The fourth-order valence-electron chi connectivity index (χ4n) is 2.44. The first-order valence-corrected chi connectivity index (χ1v) is 9.29. The second-order valence-corrected chi connectivity index (χ2v) is 7.71. The molecule has 0 unspecified atom stereocenters. The second kappa shape index (κ2) is 6.72. The number of aromatic nitrogens is 1. The number of hydrogen-bond acceptors (Lipinski definition) is 3. The van der Waals surface area contributed by atoms with Gasteiger partial charge in [0.2, 0.25) is 10.0 Å². The second-order valence-electron chi connectivity index (χ2n) is 5.28. The van der Waals surface area contributed by atoms with Crippen molar-refractivity contribution in [2.75, 3.05) is 0 Å². The molecule has 0 radical (unpaired) electrons. The molecule has 128 valence electrons. The summed E-state index contributed by atoms with van der Waals surface area (Å²) < 4.78 is 37.1. The highest BCUT2D eigenvalue weighted by molar-refractivity contribution is 7.89. The lowest BCUT2D eigenvalue weighted by Crippen LogP contribution is -2.12. The van der Waals surface area contributed by atoms with Crippen molar-refractivity contribution in [3.05, 3.63) is 70.6 Å². The van der Waals surface area contributed by atoms with Crippen LogP contribution in [0.25, 0.3) is 22.4 Å². The first kappa shape index (κ1) is 17.8. The zero-order chi connectivity index (χ0) is 18.2. The van der Waals surface area contributed by atoms with Crippen molar-refractivity contribution < 1.29 is 12.8 Å². The molecular weight excluding hydrogens is 386 g/mol. The Kier molecular flexibility index (Phi) is 4.79. The fourth-order valence-corrected chi connectivity index (χ4v) is 3.54. The average Bonchev–Trinajstić information content (AvgIpc) is 2.52. The van der Waals surface area contributed by atoms with Gasteiger partial charge in [0, 0.05) is 27.4 Å². The molecule has 0 spiro atoms. The first-order chi connectivity index (χ1) is 11.7.